The molecule has 0 bridgehead atoms. The third-order valence-corrected chi connectivity index (χ3v) is 4.87. The minimum absolute atomic E-state index is 0.162. The van der Waals surface area contributed by atoms with Gasteiger partial charge in [-0.1, -0.05) is 23.9 Å². The Labute approximate surface area is 160 Å². The lowest BCUT2D eigenvalue weighted by atomic mass is 10.1. The first-order valence-corrected chi connectivity index (χ1v) is 9.24. The molecule has 0 saturated carbocycles. The number of hydrogen-bond donors (Lipinski definition) is 1. The van der Waals surface area contributed by atoms with Crippen LogP contribution in [0.3, 0.4) is 0 Å². The number of hydrogen-bond acceptors (Lipinski definition) is 5. The average molecular weight is 386 g/mol. The molecule has 2 aromatic carbocycles. The number of halogens is 1. The van der Waals surface area contributed by atoms with Crippen LogP contribution in [0.25, 0.3) is 5.69 Å². The SMILES string of the molecule is COc1ccc(-n2cnnc2SCC(=O)NCc2ccc(C)c(F)c2)cc1. The summed E-state index contributed by atoms with van der Waals surface area (Å²) in [5, 5.41) is 11.4. The second kappa shape index (κ2) is 8.68. The van der Waals surface area contributed by atoms with Gasteiger partial charge in [0.15, 0.2) is 5.16 Å². The van der Waals surface area contributed by atoms with E-state index in [1.54, 1.807) is 37.1 Å². The maximum Gasteiger partial charge on any atom is 0.230 e. The van der Waals surface area contributed by atoms with Crippen molar-refractivity contribution in [2.75, 3.05) is 12.9 Å². The van der Waals surface area contributed by atoms with Crippen molar-refractivity contribution in [1.29, 1.82) is 0 Å². The lowest BCUT2D eigenvalue weighted by Crippen LogP contribution is -2.24. The van der Waals surface area contributed by atoms with E-state index in [2.05, 4.69) is 15.5 Å². The Balaban J connectivity index is 1.56. The summed E-state index contributed by atoms with van der Waals surface area (Å²) in [4.78, 5) is 12.1. The number of carbonyl (C=O) groups is 1. The molecule has 3 aromatic rings. The molecule has 140 valence electrons. The topological polar surface area (TPSA) is 69.0 Å². The van der Waals surface area contributed by atoms with E-state index in [-0.39, 0.29) is 24.0 Å². The van der Waals surface area contributed by atoms with Crippen LogP contribution in [0.1, 0.15) is 11.1 Å². The number of rotatable bonds is 7. The van der Waals surface area contributed by atoms with Crippen molar-refractivity contribution in [2.45, 2.75) is 18.6 Å². The van der Waals surface area contributed by atoms with Crippen LogP contribution < -0.4 is 10.1 Å². The average Bonchev–Trinajstić information content (AvgIpc) is 3.16. The second-order valence-electron chi connectivity index (χ2n) is 5.83. The maximum atomic E-state index is 13.5. The molecule has 0 aliphatic rings. The summed E-state index contributed by atoms with van der Waals surface area (Å²) in [5.74, 6) is 0.505. The molecule has 0 aliphatic heterocycles. The smallest absolute Gasteiger partial charge is 0.230 e. The zero-order valence-electron chi connectivity index (χ0n) is 15.0. The molecule has 0 saturated heterocycles. The molecule has 0 atom stereocenters. The van der Waals surface area contributed by atoms with Gasteiger partial charge in [-0.3, -0.25) is 9.36 Å². The summed E-state index contributed by atoms with van der Waals surface area (Å²) >= 11 is 1.28. The van der Waals surface area contributed by atoms with Gasteiger partial charge >= 0.3 is 0 Å². The zero-order valence-corrected chi connectivity index (χ0v) is 15.8. The van der Waals surface area contributed by atoms with Crippen molar-refractivity contribution in [3.8, 4) is 11.4 Å². The number of thioether (sulfide) groups is 1. The van der Waals surface area contributed by atoms with Crippen molar-refractivity contribution in [1.82, 2.24) is 20.1 Å². The van der Waals surface area contributed by atoms with Crippen LogP contribution >= 0.6 is 11.8 Å². The molecule has 0 spiro atoms. The zero-order chi connectivity index (χ0) is 19.2. The van der Waals surface area contributed by atoms with Gasteiger partial charge in [-0.05, 0) is 48.4 Å². The summed E-state index contributed by atoms with van der Waals surface area (Å²) in [6.45, 7) is 1.98. The van der Waals surface area contributed by atoms with Gasteiger partial charge in [0.1, 0.15) is 17.9 Å². The number of nitrogens with zero attached hydrogens (tertiary/aromatic N) is 3. The minimum atomic E-state index is -0.274. The van der Waals surface area contributed by atoms with Crippen molar-refractivity contribution < 1.29 is 13.9 Å². The highest BCUT2D eigenvalue weighted by Crippen LogP contribution is 2.21. The largest absolute Gasteiger partial charge is 0.497 e. The van der Waals surface area contributed by atoms with Crippen LogP contribution in [0.5, 0.6) is 5.75 Å². The van der Waals surface area contributed by atoms with Gasteiger partial charge in [0.2, 0.25) is 5.91 Å². The van der Waals surface area contributed by atoms with Crippen molar-refractivity contribution >= 4 is 17.7 Å². The summed E-state index contributed by atoms with van der Waals surface area (Å²) in [6.07, 6.45) is 1.59. The fourth-order valence-electron chi connectivity index (χ4n) is 2.37. The van der Waals surface area contributed by atoms with E-state index in [9.17, 15) is 9.18 Å². The summed E-state index contributed by atoms with van der Waals surface area (Å²) < 4.78 is 20.5. The molecule has 6 nitrogen and oxygen atoms in total. The number of ether oxygens (including phenoxy) is 1. The molecular formula is C19H19FN4O2S. The highest BCUT2D eigenvalue weighted by molar-refractivity contribution is 7.99. The van der Waals surface area contributed by atoms with Gasteiger partial charge in [0.05, 0.1) is 12.9 Å². The number of nitrogens with one attached hydrogen (secondary N) is 1. The normalized spacial score (nSPS) is 10.6. The number of aromatic nitrogens is 3. The van der Waals surface area contributed by atoms with Gasteiger partial charge in [0.25, 0.3) is 0 Å². The highest BCUT2D eigenvalue weighted by Gasteiger charge is 2.10. The Bertz CT molecular complexity index is 928. The molecule has 0 radical (unpaired) electrons. The lowest BCUT2D eigenvalue weighted by Gasteiger charge is -2.08. The van der Waals surface area contributed by atoms with Crippen LogP contribution in [0.4, 0.5) is 4.39 Å². The third kappa shape index (κ3) is 4.85. The molecular weight excluding hydrogens is 367 g/mol. The molecule has 1 amide bonds. The molecule has 0 aliphatic carbocycles. The number of methoxy groups -OCH3 is 1. The number of amides is 1. The van der Waals surface area contributed by atoms with Crippen LogP contribution in [-0.4, -0.2) is 33.5 Å². The molecule has 1 aromatic heterocycles. The van der Waals surface area contributed by atoms with Gasteiger partial charge < -0.3 is 10.1 Å². The quantitative estimate of drug-likeness (QED) is 0.632. The standard InChI is InChI=1S/C19H19FN4O2S/c1-13-3-4-14(9-17(13)20)10-21-18(25)11-27-19-23-22-12-24(19)15-5-7-16(26-2)8-6-15/h3-9,12H,10-11H2,1-2H3,(H,21,25). The van der Waals surface area contributed by atoms with E-state index in [4.69, 9.17) is 4.74 Å². The van der Waals surface area contributed by atoms with Crippen molar-refractivity contribution in [3.05, 3.63) is 65.7 Å². The van der Waals surface area contributed by atoms with Gasteiger partial charge in [-0.25, -0.2) is 4.39 Å². The van der Waals surface area contributed by atoms with Gasteiger partial charge in [-0.15, -0.1) is 10.2 Å². The summed E-state index contributed by atoms with van der Waals surface area (Å²) in [5.41, 5.74) is 2.18. The Morgan fingerprint density at radius 2 is 2.04 bits per heavy atom. The summed E-state index contributed by atoms with van der Waals surface area (Å²) in [6, 6.07) is 12.4. The molecule has 0 fully saturated rings. The van der Waals surface area contributed by atoms with Crippen LogP contribution in [-0.2, 0) is 11.3 Å². The predicted octanol–water partition coefficient (Wildman–Crippen LogP) is 3.13. The minimum Gasteiger partial charge on any atom is -0.497 e. The fraction of sp³-hybridized carbons (Fsp3) is 0.211. The van der Waals surface area contributed by atoms with Crippen LogP contribution in [0, 0.1) is 12.7 Å². The number of benzene rings is 2. The Morgan fingerprint density at radius 3 is 2.74 bits per heavy atom. The second-order valence-corrected chi connectivity index (χ2v) is 6.77. The number of aryl methyl sites for hydroxylation is 1. The predicted molar refractivity (Wildman–Crippen MR) is 102 cm³/mol. The Kier molecular flexibility index (Phi) is 6.08. The molecule has 3 rings (SSSR count). The lowest BCUT2D eigenvalue weighted by molar-refractivity contribution is -0.118. The summed E-state index contributed by atoms with van der Waals surface area (Å²) in [7, 11) is 1.61. The fourth-order valence-corrected chi connectivity index (χ4v) is 3.13. The van der Waals surface area contributed by atoms with E-state index in [0.29, 0.717) is 10.7 Å². The Morgan fingerprint density at radius 1 is 1.26 bits per heavy atom. The van der Waals surface area contributed by atoms with Crippen LogP contribution in [0.2, 0.25) is 0 Å². The molecule has 27 heavy (non-hydrogen) atoms. The van der Waals surface area contributed by atoms with Gasteiger partial charge in [0, 0.05) is 12.2 Å². The molecule has 8 heteroatoms. The van der Waals surface area contributed by atoms with Crippen molar-refractivity contribution in [3.63, 3.8) is 0 Å². The monoisotopic (exact) mass is 386 g/mol. The highest BCUT2D eigenvalue weighted by atomic mass is 32.2. The first-order valence-electron chi connectivity index (χ1n) is 8.26. The maximum absolute atomic E-state index is 13.5. The van der Waals surface area contributed by atoms with E-state index >= 15 is 0 Å². The van der Waals surface area contributed by atoms with E-state index in [1.165, 1.54) is 17.8 Å². The number of carbonyl (C=O) groups excluding carboxylic acids is 1. The van der Waals surface area contributed by atoms with E-state index in [1.807, 2.05) is 24.3 Å². The molecule has 1 N–H and O–H groups in total. The van der Waals surface area contributed by atoms with Crippen LogP contribution in [0.15, 0.2) is 53.9 Å². The van der Waals surface area contributed by atoms with E-state index < -0.39 is 0 Å². The first kappa shape index (κ1) is 18.9. The van der Waals surface area contributed by atoms with E-state index in [0.717, 1.165) is 17.0 Å². The Hall–Kier alpha value is -2.87. The third-order valence-electron chi connectivity index (χ3n) is 3.93. The molecule has 1 heterocycles. The van der Waals surface area contributed by atoms with Gasteiger partial charge in [-0.2, -0.15) is 0 Å². The molecule has 0 unspecified atom stereocenters. The first-order chi connectivity index (χ1) is 13.1. The van der Waals surface area contributed by atoms with Crippen molar-refractivity contribution in [2.24, 2.45) is 0 Å².